The summed E-state index contributed by atoms with van der Waals surface area (Å²) in [7, 11) is 0. The molecule has 0 N–H and O–H groups in total. The Morgan fingerprint density at radius 3 is 1.36 bits per heavy atom. The maximum Gasteiger partial charge on any atom is 0.0978 e. The van der Waals surface area contributed by atoms with Crippen LogP contribution in [0.25, 0.3) is 110 Å². The molecule has 0 aliphatic carbocycles. The summed E-state index contributed by atoms with van der Waals surface area (Å²) in [5.41, 5.74) is 15.0. The molecule has 0 saturated heterocycles. The predicted octanol–water partition coefficient (Wildman–Crippen LogP) is 13.9. The summed E-state index contributed by atoms with van der Waals surface area (Å²) < 4.78 is 0. The van der Waals surface area contributed by atoms with Crippen molar-refractivity contribution in [1.82, 2.24) is 19.9 Å². The van der Waals surface area contributed by atoms with E-state index in [1.165, 1.54) is 32.7 Å². The second kappa shape index (κ2) is 14.0. The largest absolute Gasteiger partial charge is 0.264 e. The number of benzene rings is 7. The first kappa shape index (κ1) is 33.5. The summed E-state index contributed by atoms with van der Waals surface area (Å²) >= 11 is 0. The van der Waals surface area contributed by atoms with Gasteiger partial charge >= 0.3 is 0 Å². The smallest absolute Gasteiger partial charge is 0.0978 e. The highest BCUT2D eigenvalue weighted by Gasteiger charge is 2.22. The lowest BCUT2D eigenvalue weighted by Gasteiger charge is -2.20. The van der Waals surface area contributed by atoms with Crippen molar-refractivity contribution in [1.29, 1.82) is 0 Å². The molecule has 0 bridgehead atoms. The average Bonchev–Trinajstić information content (AvgIpc) is 3.31. The van der Waals surface area contributed by atoms with E-state index in [0.717, 1.165) is 77.6 Å². The Morgan fingerprint density at radius 2 is 0.793 bits per heavy atom. The molecule has 0 aliphatic heterocycles. The summed E-state index contributed by atoms with van der Waals surface area (Å²) in [5, 5.41) is 6.83. The standard InChI is InChI=1S/C54H34N4/c1-3-13-35(14-4-1)42-25-28-57-53-47(42)23-24-48-49(32-50(58-54(48)53)36-15-5-2-6-16-36)52-45-21-9-7-19-43(45)51(44-20-8-10-22-46(44)52)41-30-39(37-17-11-26-55-33-37)29-40(31-41)38-18-12-27-56-34-38/h1-34H. The van der Waals surface area contributed by atoms with Gasteiger partial charge in [-0.05, 0) is 109 Å². The predicted molar refractivity (Wildman–Crippen MR) is 240 cm³/mol. The van der Waals surface area contributed by atoms with E-state index in [2.05, 4.69) is 174 Å². The lowest BCUT2D eigenvalue weighted by atomic mass is 9.83. The minimum Gasteiger partial charge on any atom is -0.264 e. The maximum atomic E-state index is 5.42. The maximum absolute atomic E-state index is 5.42. The van der Waals surface area contributed by atoms with E-state index in [1.807, 2.05) is 43.1 Å². The van der Waals surface area contributed by atoms with Crippen LogP contribution >= 0.6 is 0 Å². The average molecular weight is 739 g/mol. The molecule has 0 unspecified atom stereocenters. The van der Waals surface area contributed by atoms with Gasteiger partial charge in [-0.3, -0.25) is 15.0 Å². The number of pyridine rings is 4. The van der Waals surface area contributed by atoms with E-state index in [-0.39, 0.29) is 0 Å². The minimum absolute atomic E-state index is 0.883. The minimum atomic E-state index is 0.883. The second-order valence-corrected chi connectivity index (χ2v) is 14.6. The number of aromatic nitrogens is 4. The molecule has 11 rings (SSSR count). The summed E-state index contributed by atoms with van der Waals surface area (Å²) in [5.74, 6) is 0. The fourth-order valence-electron chi connectivity index (χ4n) is 8.64. The molecule has 0 saturated carbocycles. The van der Waals surface area contributed by atoms with Crippen molar-refractivity contribution in [2.75, 3.05) is 0 Å². The number of hydrogen-bond donors (Lipinski definition) is 0. The quantitative estimate of drug-likeness (QED) is 0.126. The molecular weight excluding hydrogens is 705 g/mol. The highest BCUT2D eigenvalue weighted by Crippen LogP contribution is 2.48. The Bertz CT molecular complexity index is 3200. The zero-order valence-corrected chi connectivity index (χ0v) is 31.4. The first-order valence-electron chi connectivity index (χ1n) is 19.5. The summed E-state index contributed by atoms with van der Waals surface area (Å²) in [6, 6.07) is 62.7. The fourth-order valence-corrected chi connectivity index (χ4v) is 8.64. The van der Waals surface area contributed by atoms with Gasteiger partial charge in [-0.25, -0.2) is 4.98 Å². The van der Waals surface area contributed by atoms with Crippen molar-refractivity contribution < 1.29 is 0 Å². The number of hydrogen-bond acceptors (Lipinski definition) is 4. The van der Waals surface area contributed by atoms with Gasteiger partial charge in [-0.1, -0.05) is 133 Å². The van der Waals surface area contributed by atoms with Gasteiger partial charge in [0.05, 0.1) is 16.7 Å². The Labute approximate surface area is 335 Å². The molecule has 4 heterocycles. The van der Waals surface area contributed by atoms with Crippen LogP contribution in [-0.2, 0) is 0 Å². The third kappa shape index (κ3) is 5.70. The number of rotatable bonds is 6. The SMILES string of the molecule is c1ccc(-c2cc(-c3c4ccccc4c(-c4cc(-c5cccnc5)cc(-c5cccnc5)c4)c4ccccc34)c3ccc4c(-c5ccccc5)ccnc4c3n2)cc1. The molecule has 0 radical (unpaired) electrons. The van der Waals surface area contributed by atoms with Gasteiger partial charge in [-0.2, -0.15) is 0 Å². The molecule has 7 aromatic carbocycles. The topological polar surface area (TPSA) is 51.6 Å². The molecular formula is C54H34N4. The third-order valence-corrected chi connectivity index (χ3v) is 11.3. The summed E-state index contributed by atoms with van der Waals surface area (Å²) in [6.07, 6.45) is 9.43. The number of fused-ring (bicyclic) bond motifs is 5. The van der Waals surface area contributed by atoms with Crippen LogP contribution in [0.2, 0.25) is 0 Å². The second-order valence-electron chi connectivity index (χ2n) is 14.6. The summed E-state index contributed by atoms with van der Waals surface area (Å²) in [4.78, 5) is 19.4. The van der Waals surface area contributed by atoms with Gasteiger partial charge in [0.2, 0.25) is 0 Å². The van der Waals surface area contributed by atoms with Crippen molar-refractivity contribution in [3.8, 4) is 66.9 Å². The highest BCUT2D eigenvalue weighted by molar-refractivity contribution is 6.25. The van der Waals surface area contributed by atoms with Crippen LogP contribution in [0.1, 0.15) is 0 Å². The molecule has 0 fully saturated rings. The van der Waals surface area contributed by atoms with E-state index in [1.54, 1.807) is 0 Å². The van der Waals surface area contributed by atoms with Crippen molar-refractivity contribution >= 4 is 43.4 Å². The molecule has 0 amide bonds. The molecule has 270 valence electrons. The van der Waals surface area contributed by atoms with Gasteiger partial charge in [0.1, 0.15) is 0 Å². The zero-order valence-electron chi connectivity index (χ0n) is 31.4. The van der Waals surface area contributed by atoms with E-state index in [4.69, 9.17) is 9.97 Å². The first-order chi connectivity index (χ1) is 28.8. The van der Waals surface area contributed by atoms with Crippen molar-refractivity contribution in [2.24, 2.45) is 0 Å². The van der Waals surface area contributed by atoms with Crippen molar-refractivity contribution in [3.63, 3.8) is 0 Å². The van der Waals surface area contributed by atoms with E-state index >= 15 is 0 Å². The Hall–Kier alpha value is -7.82. The van der Waals surface area contributed by atoms with Crippen LogP contribution in [0.5, 0.6) is 0 Å². The first-order valence-corrected chi connectivity index (χ1v) is 19.5. The highest BCUT2D eigenvalue weighted by atomic mass is 14.8. The molecule has 4 aromatic heterocycles. The van der Waals surface area contributed by atoms with Gasteiger partial charge in [-0.15, -0.1) is 0 Å². The van der Waals surface area contributed by atoms with Crippen molar-refractivity contribution in [2.45, 2.75) is 0 Å². The molecule has 4 heteroatoms. The van der Waals surface area contributed by atoms with Crippen LogP contribution < -0.4 is 0 Å². The van der Waals surface area contributed by atoms with Crippen LogP contribution in [0.4, 0.5) is 0 Å². The number of nitrogens with zero attached hydrogens (tertiary/aromatic N) is 4. The monoisotopic (exact) mass is 738 g/mol. The van der Waals surface area contributed by atoms with Gasteiger partial charge in [0, 0.05) is 58.4 Å². The molecule has 58 heavy (non-hydrogen) atoms. The van der Waals surface area contributed by atoms with Gasteiger partial charge in [0.25, 0.3) is 0 Å². The Kier molecular flexibility index (Phi) is 8.11. The summed E-state index contributed by atoms with van der Waals surface area (Å²) in [6.45, 7) is 0. The molecule has 0 spiro atoms. The van der Waals surface area contributed by atoms with E-state index in [0.29, 0.717) is 0 Å². The lowest BCUT2D eigenvalue weighted by Crippen LogP contribution is -1.96. The normalized spacial score (nSPS) is 11.4. The van der Waals surface area contributed by atoms with E-state index in [9.17, 15) is 0 Å². The van der Waals surface area contributed by atoms with Gasteiger partial charge in [0.15, 0.2) is 0 Å². The Balaban J connectivity index is 1.24. The lowest BCUT2D eigenvalue weighted by molar-refractivity contribution is 1.32. The fraction of sp³-hybridized carbons (Fsp3) is 0. The van der Waals surface area contributed by atoms with Crippen LogP contribution in [-0.4, -0.2) is 19.9 Å². The van der Waals surface area contributed by atoms with Crippen LogP contribution in [0.3, 0.4) is 0 Å². The Morgan fingerprint density at radius 1 is 0.293 bits per heavy atom. The third-order valence-electron chi connectivity index (χ3n) is 11.3. The zero-order chi connectivity index (χ0) is 38.4. The van der Waals surface area contributed by atoms with Crippen molar-refractivity contribution in [3.05, 3.63) is 207 Å². The molecule has 0 atom stereocenters. The molecule has 11 aromatic rings. The molecule has 0 aliphatic rings. The van der Waals surface area contributed by atoms with E-state index < -0.39 is 0 Å². The van der Waals surface area contributed by atoms with Crippen LogP contribution in [0, 0.1) is 0 Å². The molecule has 4 nitrogen and oxygen atoms in total. The van der Waals surface area contributed by atoms with Crippen LogP contribution in [0.15, 0.2) is 207 Å². The van der Waals surface area contributed by atoms with Gasteiger partial charge < -0.3 is 0 Å².